The summed E-state index contributed by atoms with van der Waals surface area (Å²) < 4.78 is 2.24. The van der Waals surface area contributed by atoms with Gasteiger partial charge in [-0.15, -0.1) is 10.2 Å². The SMILES string of the molecule is O=C(CSc1nnc(N2CCCC2)n1C1CC1)Nc1ccccc1. The average molecular weight is 343 g/mol. The van der Waals surface area contributed by atoms with Crippen molar-refractivity contribution in [3.63, 3.8) is 0 Å². The van der Waals surface area contributed by atoms with E-state index in [1.54, 1.807) is 0 Å². The maximum absolute atomic E-state index is 12.1. The lowest BCUT2D eigenvalue weighted by molar-refractivity contribution is -0.113. The van der Waals surface area contributed by atoms with Gasteiger partial charge in [-0.3, -0.25) is 9.36 Å². The molecular weight excluding hydrogens is 322 g/mol. The largest absolute Gasteiger partial charge is 0.341 e. The molecule has 6 nitrogen and oxygen atoms in total. The van der Waals surface area contributed by atoms with Crippen molar-refractivity contribution >= 4 is 29.3 Å². The molecule has 1 aromatic carbocycles. The molecule has 1 saturated carbocycles. The van der Waals surface area contributed by atoms with E-state index in [2.05, 4.69) is 25.0 Å². The van der Waals surface area contributed by atoms with Crippen LogP contribution >= 0.6 is 11.8 Å². The van der Waals surface area contributed by atoms with Gasteiger partial charge in [-0.2, -0.15) is 0 Å². The third-order valence-electron chi connectivity index (χ3n) is 4.34. The van der Waals surface area contributed by atoms with E-state index in [1.807, 2.05) is 30.3 Å². The van der Waals surface area contributed by atoms with E-state index >= 15 is 0 Å². The molecule has 2 heterocycles. The Hall–Kier alpha value is -2.02. The summed E-state index contributed by atoms with van der Waals surface area (Å²) >= 11 is 1.47. The van der Waals surface area contributed by atoms with Crippen LogP contribution in [0.1, 0.15) is 31.7 Å². The first kappa shape index (κ1) is 15.5. The van der Waals surface area contributed by atoms with E-state index in [9.17, 15) is 4.79 Å². The molecule has 0 bridgehead atoms. The second-order valence-corrected chi connectivity index (χ2v) is 7.22. The number of hydrogen-bond acceptors (Lipinski definition) is 5. The van der Waals surface area contributed by atoms with Gasteiger partial charge in [0.25, 0.3) is 0 Å². The van der Waals surface area contributed by atoms with E-state index in [0.717, 1.165) is 29.9 Å². The third kappa shape index (κ3) is 3.40. The van der Waals surface area contributed by atoms with Crippen molar-refractivity contribution in [2.45, 2.75) is 36.9 Å². The summed E-state index contributed by atoms with van der Waals surface area (Å²) in [7, 11) is 0. The van der Waals surface area contributed by atoms with Crippen molar-refractivity contribution in [1.29, 1.82) is 0 Å². The highest BCUT2D eigenvalue weighted by atomic mass is 32.2. The van der Waals surface area contributed by atoms with Crippen molar-refractivity contribution < 1.29 is 4.79 Å². The third-order valence-corrected chi connectivity index (χ3v) is 5.28. The van der Waals surface area contributed by atoms with Gasteiger partial charge in [-0.25, -0.2) is 0 Å². The number of carbonyl (C=O) groups excluding carboxylic acids is 1. The van der Waals surface area contributed by atoms with Crippen LogP contribution in [-0.4, -0.2) is 39.5 Å². The molecule has 0 unspecified atom stereocenters. The van der Waals surface area contributed by atoms with E-state index in [-0.39, 0.29) is 5.91 Å². The Morgan fingerprint density at radius 2 is 1.92 bits per heavy atom. The number of nitrogens with zero attached hydrogens (tertiary/aromatic N) is 4. The smallest absolute Gasteiger partial charge is 0.234 e. The molecule has 1 N–H and O–H groups in total. The van der Waals surface area contributed by atoms with Gasteiger partial charge in [0.1, 0.15) is 0 Å². The number of amides is 1. The molecule has 1 aliphatic heterocycles. The molecule has 0 spiro atoms. The standard InChI is InChI=1S/C17H21N5OS/c23-15(18-13-6-2-1-3-7-13)12-24-17-20-19-16(21-10-4-5-11-21)22(17)14-8-9-14/h1-3,6-7,14H,4-5,8-12H2,(H,18,23). The highest BCUT2D eigenvalue weighted by Gasteiger charge is 2.32. The normalized spacial score (nSPS) is 17.2. The molecule has 4 rings (SSSR count). The number of nitrogens with one attached hydrogen (secondary N) is 1. The van der Waals surface area contributed by atoms with Gasteiger partial charge in [0.15, 0.2) is 5.16 Å². The van der Waals surface area contributed by atoms with E-state index in [0.29, 0.717) is 11.8 Å². The van der Waals surface area contributed by atoms with Gasteiger partial charge in [-0.05, 0) is 37.8 Å². The minimum absolute atomic E-state index is 0.0146. The molecule has 126 valence electrons. The number of rotatable bonds is 6. The molecule has 0 radical (unpaired) electrons. The van der Waals surface area contributed by atoms with Crippen molar-refractivity contribution in [3.8, 4) is 0 Å². The van der Waals surface area contributed by atoms with Gasteiger partial charge < -0.3 is 10.2 Å². The van der Waals surface area contributed by atoms with Gasteiger partial charge >= 0.3 is 0 Å². The predicted molar refractivity (Wildman–Crippen MR) is 95.5 cm³/mol. The van der Waals surface area contributed by atoms with Crippen LogP contribution in [0.5, 0.6) is 0 Å². The molecule has 1 saturated heterocycles. The lowest BCUT2D eigenvalue weighted by atomic mass is 10.3. The van der Waals surface area contributed by atoms with E-state index in [1.165, 1.54) is 37.4 Å². The highest BCUT2D eigenvalue weighted by Crippen LogP contribution is 2.41. The first-order valence-corrected chi connectivity index (χ1v) is 9.47. The Bertz CT molecular complexity index is 707. The molecule has 1 aliphatic carbocycles. The number of para-hydroxylation sites is 1. The lowest BCUT2D eigenvalue weighted by Gasteiger charge is -2.17. The van der Waals surface area contributed by atoms with Crippen molar-refractivity contribution in [2.24, 2.45) is 0 Å². The summed E-state index contributed by atoms with van der Waals surface area (Å²) in [5.74, 6) is 1.32. The van der Waals surface area contributed by atoms with Gasteiger partial charge in [-0.1, -0.05) is 30.0 Å². The van der Waals surface area contributed by atoms with Crippen molar-refractivity contribution in [2.75, 3.05) is 29.1 Å². The number of benzene rings is 1. The summed E-state index contributed by atoms with van der Waals surface area (Å²) in [6, 6.07) is 10.0. The summed E-state index contributed by atoms with van der Waals surface area (Å²) in [5, 5.41) is 12.5. The monoisotopic (exact) mass is 343 g/mol. The highest BCUT2D eigenvalue weighted by molar-refractivity contribution is 7.99. The van der Waals surface area contributed by atoms with E-state index in [4.69, 9.17) is 0 Å². The fourth-order valence-corrected chi connectivity index (χ4v) is 3.80. The zero-order valence-electron chi connectivity index (χ0n) is 13.5. The molecule has 24 heavy (non-hydrogen) atoms. The summed E-state index contributed by atoms with van der Waals surface area (Å²) in [6.07, 6.45) is 4.81. The van der Waals surface area contributed by atoms with Gasteiger partial charge in [0.05, 0.1) is 5.75 Å². The zero-order chi connectivity index (χ0) is 16.4. The fourth-order valence-electron chi connectivity index (χ4n) is 3.00. The van der Waals surface area contributed by atoms with Gasteiger partial charge in [0.2, 0.25) is 11.9 Å². The molecule has 1 aromatic heterocycles. The van der Waals surface area contributed by atoms with Gasteiger partial charge in [0, 0.05) is 24.8 Å². The van der Waals surface area contributed by atoms with E-state index < -0.39 is 0 Å². The Balaban J connectivity index is 1.42. The molecule has 0 atom stereocenters. The average Bonchev–Trinajstić information content (AvgIpc) is 3.12. The first-order chi connectivity index (χ1) is 11.8. The molecule has 2 fully saturated rings. The Kier molecular flexibility index (Phi) is 4.42. The second kappa shape index (κ2) is 6.84. The van der Waals surface area contributed by atoms with Crippen LogP contribution in [0, 0.1) is 0 Å². The predicted octanol–water partition coefficient (Wildman–Crippen LogP) is 2.94. The lowest BCUT2D eigenvalue weighted by Crippen LogP contribution is -2.22. The molecule has 1 amide bonds. The Morgan fingerprint density at radius 3 is 2.62 bits per heavy atom. The minimum Gasteiger partial charge on any atom is -0.341 e. The first-order valence-electron chi connectivity index (χ1n) is 8.49. The van der Waals surface area contributed by atoms with Crippen LogP contribution in [0.3, 0.4) is 0 Å². The number of hydrogen-bond donors (Lipinski definition) is 1. The summed E-state index contributed by atoms with van der Waals surface area (Å²) in [5.41, 5.74) is 0.824. The summed E-state index contributed by atoms with van der Waals surface area (Å²) in [4.78, 5) is 14.5. The molecule has 2 aromatic rings. The van der Waals surface area contributed by atoms with Crippen molar-refractivity contribution in [3.05, 3.63) is 30.3 Å². The Morgan fingerprint density at radius 1 is 1.17 bits per heavy atom. The van der Waals surface area contributed by atoms with Crippen LogP contribution in [-0.2, 0) is 4.79 Å². The summed E-state index contributed by atoms with van der Waals surface area (Å²) in [6.45, 7) is 2.12. The number of anilines is 2. The Labute approximate surface area is 145 Å². The topological polar surface area (TPSA) is 63.1 Å². The molecular formula is C17H21N5OS. The van der Waals surface area contributed by atoms with Crippen LogP contribution in [0.2, 0.25) is 0 Å². The maximum Gasteiger partial charge on any atom is 0.234 e. The zero-order valence-corrected chi connectivity index (χ0v) is 14.3. The maximum atomic E-state index is 12.1. The molecule has 7 heteroatoms. The van der Waals surface area contributed by atoms with Crippen LogP contribution < -0.4 is 10.2 Å². The fraction of sp³-hybridized carbons (Fsp3) is 0.471. The van der Waals surface area contributed by atoms with Crippen molar-refractivity contribution in [1.82, 2.24) is 14.8 Å². The van der Waals surface area contributed by atoms with Crippen LogP contribution in [0.15, 0.2) is 35.5 Å². The minimum atomic E-state index is -0.0146. The number of thioether (sulfide) groups is 1. The van der Waals surface area contributed by atoms with Crippen LogP contribution in [0.25, 0.3) is 0 Å². The number of carbonyl (C=O) groups is 1. The second-order valence-electron chi connectivity index (χ2n) is 6.28. The number of aromatic nitrogens is 3. The molecule has 2 aliphatic rings. The van der Waals surface area contributed by atoms with Crippen LogP contribution in [0.4, 0.5) is 11.6 Å². The quantitative estimate of drug-likeness (QED) is 0.817.